The molecule has 2 aromatic heterocycles. The third kappa shape index (κ3) is 4.36. The number of carboxylic acids is 1. The van der Waals surface area contributed by atoms with Crippen LogP contribution in [0.4, 0.5) is 13.2 Å². The van der Waals surface area contributed by atoms with Crippen molar-refractivity contribution in [2.45, 2.75) is 13.1 Å². The number of aromatic hydroxyl groups is 1. The molecule has 2 heterocycles. The van der Waals surface area contributed by atoms with E-state index in [1.807, 2.05) is 31.2 Å². The molecule has 0 unspecified atom stereocenters. The monoisotopic (exact) mass is 449 g/mol. The van der Waals surface area contributed by atoms with Crippen LogP contribution < -0.4 is 9.47 Å². The number of benzene rings is 2. The number of fused-ring (bicyclic) bond motifs is 3. The summed E-state index contributed by atoms with van der Waals surface area (Å²) in [6, 6.07) is 10.7. The van der Waals surface area contributed by atoms with E-state index >= 15 is 0 Å². The Hall–Kier alpha value is -4.02. The van der Waals surface area contributed by atoms with Gasteiger partial charge in [-0.1, -0.05) is 0 Å². The van der Waals surface area contributed by atoms with E-state index in [9.17, 15) is 18.3 Å². The van der Waals surface area contributed by atoms with Crippen molar-refractivity contribution in [1.29, 1.82) is 0 Å². The van der Waals surface area contributed by atoms with Crippen molar-refractivity contribution < 1.29 is 37.7 Å². The third-order valence-corrected chi connectivity index (χ3v) is 4.57. The Morgan fingerprint density at radius 1 is 1.06 bits per heavy atom. The Labute approximate surface area is 179 Å². The first-order chi connectivity index (χ1) is 15.1. The normalized spacial score (nSPS) is 11.2. The Balaban J connectivity index is 0.000000360. The van der Waals surface area contributed by atoms with Gasteiger partial charge in [-0.15, -0.1) is 0 Å². The molecular formula is C21H18F3N3O5. The molecule has 0 radical (unpaired) electrons. The number of hydrogen-bond donors (Lipinski definition) is 3. The van der Waals surface area contributed by atoms with Crippen molar-refractivity contribution >= 4 is 27.8 Å². The van der Waals surface area contributed by atoms with Crippen LogP contribution in [0.25, 0.3) is 33.1 Å². The third-order valence-electron chi connectivity index (χ3n) is 4.57. The van der Waals surface area contributed by atoms with Gasteiger partial charge in [0.15, 0.2) is 5.65 Å². The van der Waals surface area contributed by atoms with Crippen LogP contribution in [0, 0.1) is 6.92 Å². The van der Waals surface area contributed by atoms with Gasteiger partial charge in [0.2, 0.25) is 0 Å². The molecule has 0 bridgehead atoms. The number of pyridine rings is 1. The van der Waals surface area contributed by atoms with E-state index in [-0.39, 0.29) is 5.75 Å². The Bertz CT molecular complexity index is 1280. The maximum absolute atomic E-state index is 10.6. The van der Waals surface area contributed by atoms with Gasteiger partial charge in [0, 0.05) is 28.1 Å². The summed E-state index contributed by atoms with van der Waals surface area (Å²) in [4.78, 5) is 13.6. The zero-order valence-corrected chi connectivity index (χ0v) is 17.1. The number of phenols is 1. The molecule has 11 heteroatoms. The fraction of sp³-hybridized carbons (Fsp3) is 0.190. The van der Waals surface area contributed by atoms with Crippen LogP contribution >= 0.6 is 0 Å². The topological polar surface area (TPSA) is 118 Å². The number of phenolic OH excluding ortho intramolecular Hbond substituents is 1. The molecule has 0 aliphatic rings. The molecule has 168 valence electrons. The van der Waals surface area contributed by atoms with Gasteiger partial charge in [0.1, 0.15) is 17.2 Å². The maximum Gasteiger partial charge on any atom is 0.490 e. The summed E-state index contributed by atoms with van der Waals surface area (Å²) in [5.74, 6) is -1.17. The number of H-pyrrole nitrogens is 1. The number of carboxylic acid groups (broad SMARTS) is 1. The number of nitrogens with one attached hydrogen (secondary N) is 1. The number of rotatable bonds is 3. The number of halogens is 3. The fourth-order valence-corrected chi connectivity index (χ4v) is 3.12. The lowest BCUT2D eigenvalue weighted by atomic mass is 9.99. The number of aromatic amines is 1. The van der Waals surface area contributed by atoms with Crippen molar-refractivity contribution in [2.75, 3.05) is 14.2 Å². The summed E-state index contributed by atoms with van der Waals surface area (Å²) in [5.41, 5.74) is 3.17. The predicted molar refractivity (Wildman–Crippen MR) is 110 cm³/mol. The van der Waals surface area contributed by atoms with Crippen LogP contribution in [-0.2, 0) is 4.79 Å². The lowest BCUT2D eigenvalue weighted by molar-refractivity contribution is -0.192. The van der Waals surface area contributed by atoms with E-state index in [0.717, 1.165) is 33.1 Å². The number of aliphatic carboxylic acids is 1. The predicted octanol–water partition coefficient (Wildman–Crippen LogP) is 4.44. The fourth-order valence-electron chi connectivity index (χ4n) is 3.12. The van der Waals surface area contributed by atoms with E-state index in [1.54, 1.807) is 26.4 Å². The van der Waals surface area contributed by atoms with Crippen molar-refractivity contribution in [1.82, 2.24) is 15.2 Å². The lowest BCUT2D eigenvalue weighted by Crippen LogP contribution is -2.21. The summed E-state index contributed by atoms with van der Waals surface area (Å²) in [6.07, 6.45) is -5.08. The number of methoxy groups -OCH3 is 2. The highest BCUT2D eigenvalue weighted by Gasteiger charge is 2.38. The van der Waals surface area contributed by atoms with Crippen LogP contribution in [0.15, 0.2) is 36.4 Å². The Kier molecular flexibility index (Phi) is 6.10. The molecule has 0 saturated carbocycles. The van der Waals surface area contributed by atoms with Gasteiger partial charge in [-0.3, -0.25) is 5.10 Å². The molecular weight excluding hydrogens is 431 g/mol. The zero-order valence-electron chi connectivity index (χ0n) is 17.1. The van der Waals surface area contributed by atoms with Gasteiger partial charge < -0.3 is 19.7 Å². The molecule has 4 rings (SSSR count). The van der Waals surface area contributed by atoms with E-state index < -0.39 is 12.1 Å². The van der Waals surface area contributed by atoms with Crippen LogP contribution in [-0.4, -0.2) is 51.8 Å². The van der Waals surface area contributed by atoms with Gasteiger partial charge >= 0.3 is 12.1 Å². The van der Waals surface area contributed by atoms with Gasteiger partial charge in [-0.2, -0.15) is 18.3 Å². The van der Waals surface area contributed by atoms with Crippen molar-refractivity contribution in [3.8, 4) is 28.5 Å². The number of hydrogen-bond acceptors (Lipinski definition) is 6. The van der Waals surface area contributed by atoms with Gasteiger partial charge in [0.25, 0.3) is 0 Å². The summed E-state index contributed by atoms with van der Waals surface area (Å²) < 4.78 is 42.8. The molecule has 8 nitrogen and oxygen atoms in total. The van der Waals surface area contributed by atoms with Crippen LogP contribution in [0.1, 0.15) is 5.69 Å². The summed E-state index contributed by atoms with van der Waals surface area (Å²) in [6.45, 7) is 1.96. The average molecular weight is 449 g/mol. The van der Waals surface area contributed by atoms with E-state index in [1.165, 1.54) is 0 Å². The minimum absolute atomic E-state index is 0.207. The van der Waals surface area contributed by atoms with E-state index in [2.05, 4.69) is 10.2 Å². The number of aryl methyl sites for hydroxylation is 1. The molecule has 3 N–H and O–H groups in total. The minimum atomic E-state index is -5.08. The Morgan fingerprint density at radius 2 is 1.69 bits per heavy atom. The molecule has 0 saturated heterocycles. The van der Waals surface area contributed by atoms with Crippen LogP contribution in [0.5, 0.6) is 17.2 Å². The molecule has 4 aromatic rings. The highest BCUT2D eigenvalue weighted by molar-refractivity contribution is 6.13. The average Bonchev–Trinajstić information content (AvgIpc) is 3.13. The van der Waals surface area contributed by atoms with Crippen LogP contribution in [0.3, 0.4) is 0 Å². The molecule has 0 atom stereocenters. The molecule has 2 aromatic carbocycles. The number of nitrogens with zero attached hydrogens (tertiary/aromatic N) is 2. The molecule has 0 fully saturated rings. The first-order valence-corrected chi connectivity index (χ1v) is 9.06. The standard InChI is InChI=1S/C19H17N3O3.C2HF3O2/c1-10-16-14-8-13(24-2)9-15(25-3)17(14)18(20-19(16)22-21-10)11-4-6-12(23)7-5-11;3-2(4,5)1(6)7/h4-9,23H,1-3H3,(H,20,21,22);(H,6,7). The molecule has 0 amide bonds. The van der Waals surface area contributed by atoms with E-state index in [4.69, 9.17) is 24.4 Å². The number of alkyl halides is 3. The smallest absolute Gasteiger partial charge is 0.490 e. The van der Waals surface area contributed by atoms with Crippen molar-refractivity contribution in [3.05, 3.63) is 42.1 Å². The number of ether oxygens (including phenoxy) is 2. The second-order valence-electron chi connectivity index (χ2n) is 6.61. The second kappa shape index (κ2) is 8.61. The van der Waals surface area contributed by atoms with Gasteiger partial charge in [-0.25, -0.2) is 9.78 Å². The highest BCUT2D eigenvalue weighted by Crippen LogP contribution is 2.41. The molecule has 32 heavy (non-hydrogen) atoms. The summed E-state index contributed by atoms with van der Waals surface area (Å²) in [7, 11) is 3.25. The number of aromatic nitrogens is 3. The summed E-state index contributed by atoms with van der Waals surface area (Å²) >= 11 is 0. The van der Waals surface area contributed by atoms with Gasteiger partial charge in [0.05, 0.1) is 25.3 Å². The second-order valence-corrected chi connectivity index (χ2v) is 6.61. The first-order valence-electron chi connectivity index (χ1n) is 9.06. The highest BCUT2D eigenvalue weighted by atomic mass is 19.4. The minimum Gasteiger partial charge on any atom is -0.508 e. The Morgan fingerprint density at radius 3 is 2.22 bits per heavy atom. The molecule has 0 aliphatic carbocycles. The van der Waals surface area contributed by atoms with Gasteiger partial charge in [-0.05, 0) is 37.3 Å². The molecule has 0 spiro atoms. The van der Waals surface area contributed by atoms with E-state index in [0.29, 0.717) is 17.1 Å². The number of carbonyl (C=O) groups is 1. The van der Waals surface area contributed by atoms with Crippen molar-refractivity contribution in [2.24, 2.45) is 0 Å². The quantitative estimate of drug-likeness (QED) is 0.423. The van der Waals surface area contributed by atoms with Crippen LogP contribution in [0.2, 0.25) is 0 Å². The summed E-state index contributed by atoms with van der Waals surface area (Å²) in [5, 5.41) is 26.8. The largest absolute Gasteiger partial charge is 0.508 e. The zero-order chi connectivity index (χ0) is 23.6. The molecule has 0 aliphatic heterocycles. The van der Waals surface area contributed by atoms with Crippen molar-refractivity contribution in [3.63, 3.8) is 0 Å². The maximum atomic E-state index is 10.6. The first kappa shape index (κ1) is 22.7. The lowest BCUT2D eigenvalue weighted by Gasteiger charge is -2.13. The SMILES string of the molecule is COc1cc(OC)c2c(-c3ccc(O)cc3)nc3n[nH]c(C)c3c2c1.O=C(O)C(F)(F)F.